The van der Waals surface area contributed by atoms with Crippen molar-refractivity contribution in [2.24, 2.45) is 0 Å². The van der Waals surface area contributed by atoms with E-state index in [-0.39, 0.29) is 5.97 Å². The molecule has 1 aromatic carbocycles. The van der Waals surface area contributed by atoms with Gasteiger partial charge in [0.15, 0.2) is 6.04 Å². The highest BCUT2D eigenvalue weighted by molar-refractivity contribution is 7.12. The minimum absolute atomic E-state index is 0.305. The average molecular weight is 310 g/mol. The fraction of sp³-hybridized carbons (Fsp3) is 0.267. The van der Waals surface area contributed by atoms with Crippen molar-refractivity contribution in [3.8, 4) is 0 Å². The lowest BCUT2D eigenvalue weighted by Crippen LogP contribution is -2.22. The minimum Gasteiger partial charge on any atom is -0.467 e. The smallest absolute Gasteiger partial charge is 0.333 e. The van der Waals surface area contributed by atoms with E-state index in [1.165, 1.54) is 12.0 Å². The van der Waals surface area contributed by atoms with Crippen molar-refractivity contribution in [2.75, 3.05) is 12.4 Å². The number of ether oxygens (including phenoxy) is 1. The monoisotopic (exact) mass is 309 g/mol. The van der Waals surface area contributed by atoms with Crippen molar-refractivity contribution in [3.05, 3.63) is 50.7 Å². The number of carbonyl (C=O) groups is 1. The molecule has 0 aliphatic heterocycles. The summed E-state index contributed by atoms with van der Waals surface area (Å²) in [6, 6.07) is 8.75. The van der Waals surface area contributed by atoms with Gasteiger partial charge < -0.3 is 10.1 Å². The highest BCUT2D eigenvalue weighted by Crippen LogP contribution is 2.30. The van der Waals surface area contributed by atoms with Gasteiger partial charge >= 0.3 is 5.97 Å². The first-order chi connectivity index (χ1) is 9.51. The molecule has 3 nitrogen and oxygen atoms in total. The number of methoxy groups -OCH3 is 1. The van der Waals surface area contributed by atoms with E-state index < -0.39 is 6.04 Å². The standard InChI is InChI=1S/C15H16ClNO2S/c1-9-8-13(10(2)20-9)14(15(18)19-3)17-12-6-4-11(16)5-7-12/h4-8,14,17H,1-3H3. The van der Waals surface area contributed by atoms with E-state index in [0.29, 0.717) is 5.02 Å². The van der Waals surface area contributed by atoms with Crippen LogP contribution < -0.4 is 5.32 Å². The molecule has 0 saturated carbocycles. The number of halogens is 1. The zero-order chi connectivity index (χ0) is 14.7. The average Bonchev–Trinajstić information content (AvgIpc) is 2.76. The second kappa shape index (κ2) is 6.29. The first kappa shape index (κ1) is 14.9. The maximum Gasteiger partial charge on any atom is 0.333 e. The predicted molar refractivity (Wildman–Crippen MR) is 83.6 cm³/mol. The number of nitrogens with one attached hydrogen (secondary N) is 1. The molecule has 0 saturated heterocycles. The van der Waals surface area contributed by atoms with Crippen LogP contribution in [0.4, 0.5) is 5.69 Å². The van der Waals surface area contributed by atoms with Gasteiger partial charge in [0, 0.05) is 20.5 Å². The van der Waals surface area contributed by atoms with Crippen LogP contribution in [0, 0.1) is 13.8 Å². The number of anilines is 1. The van der Waals surface area contributed by atoms with Crippen LogP contribution in [0.1, 0.15) is 21.4 Å². The molecule has 0 bridgehead atoms. The van der Waals surface area contributed by atoms with Gasteiger partial charge in [-0.3, -0.25) is 0 Å². The van der Waals surface area contributed by atoms with E-state index in [0.717, 1.165) is 16.1 Å². The number of aryl methyl sites for hydroxylation is 2. The van der Waals surface area contributed by atoms with Gasteiger partial charge in [-0.1, -0.05) is 11.6 Å². The number of esters is 1. The van der Waals surface area contributed by atoms with Crippen LogP contribution in [-0.4, -0.2) is 13.1 Å². The third kappa shape index (κ3) is 3.32. The third-order valence-electron chi connectivity index (χ3n) is 2.98. The molecule has 2 rings (SSSR count). The maximum atomic E-state index is 12.0. The van der Waals surface area contributed by atoms with Crippen molar-refractivity contribution in [2.45, 2.75) is 19.9 Å². The molecule has 1 atom stereocenters. The van der Waals surface area contributed by atoms with Crippen LogP contribution in [0.15, 0.2) is 30.3 Å². The molecule has 106 valence electrons. The fourth-order valence-electron chi connectivity index (χ4n) is 2.03. The third-order valence-corrected chi connectivity index (χ3v) is 4.22. The van der Waals surface area contributed by atoms with E-state index in [2.05, 4.69) is 5.32 Å². The van der Waals surface area contributed by atoms with Gasteiger partial charge in [0.2, 0.25) is 0 Å². The molecule has 1 N–H and O–H groups in total. The SMILES string of the molecule is COC(=O)C(Nc1ccc(Cl)cc1)c1cc(C)sc1C. The summed E-state index contributed by atoms with van der Waals surface area (Å²) in [6.45, 7) is 4.03. The Labute approximate surface area is 127 Å². The summed E-state index contributed by atoms with van der Waals surface area (Å²) in [7, 11) is 1.40. The first-order valence-corrected chi connectivity index (χ1v) is 7.37. The predicted octanol–water partition coefficient (Wildman–Crippen LogP) is 4.34. The Kier molecular flexibility index (Phi) is 4.68. The van der Waals surface area contributed by atoms with E-state index in [9.17, 15) is 4.79 Å². The Morgan fingerprint density at radius 2 is 1.95 bits per heavy atom. The normalized spacial score (nSPS) is 12.0. The summed E-state index contributed by atoms with van der Waals surface area (Å²) in [6.07, 6.45) is 0. The molecular formula is C15H16ClNO2S. The summed E-state index contributed by atoms with van der Waals surface area (Å²) in [5.74, 6) is -0.305. The number of rotatable bonds is 4. The zero-order valence-electron chi connectivity index (χ0n) is 11.6. The van der Waals surface area contributed by atoms with Gasteiger partial charge in [-0.15, -0.1) is 11.3 Å². The quantitative estimate of drug-likeness (QED) is 0.854. The van der Waals surface area contributed by atoms with Crippen LogP contribution in [0.25, 0.3) is 0 Å². The molecule has 0 aliphatic rings. The summed E-state index contributed by atoms with van der Waals surface area (Å²) < 4.78 is 4.90. The van der Waals surface area contributed by atoms with Crippen molar-refractivity contribution < 1.29 is 9.53 Å². The summed E-state index contributed by atoms with van der Waals surface area (Å²) in [5, 5.41) is 3.86. The molecule has 1 heterocycles. The van der Waals surface area contributed by atoms with Gasteiger partial charge in [-0.05, 0) is 49.7 Å². The van der Waals surface area contributed by atoms with Crippen LogP contribution in [-0.2, 0) is 9.53 Å². The van der Waals surface area contributed by atoms with Crippen LogP contribution >= 0.6 is 22.9 Å². The molecule has 0 spiro atoms. The Bertz CT molecular complexity index is 607. The molecule has 5 heteroatoms. The lowest BCUT2D eigenvalue weighted by atomic mass is 10.1. The van der Waals surface area contributed by atoms with Gasteiger partial charge in [0.1, 0.15) is 0 Å². The molecule has 0 aliphatic carbocycles. The van der Waals surface area contributed by atoms with E-state index in [4.69, 9.17) is 16.3 Å². The van der Waals surface area contributed by atoms with Gasteiger partial charge in [0.25, 0.3) is 0 Å². The van der Waals surface area contributed by atoms with Crippen LogP contribution in [0.5, 0.6) is 0 Å². The molecule has 1 aromatic heterocycles. The molecule has 0 amide bonds. The largest absolute Gasteiger partial charge is 0.467 e. The second-order valence-electron chi connectivity index (χ2n) is 4.48. The van der Waals surface area contributed by atoms with Crippen molar-refractivity contribution in [3.63, 3.8) is 0 Å². The van der Waals surface area contributed by atoms with E-state index >= 15 is 0 Å². The Morgan fingerprint density at radius 3 is 2.45 bits per heavy atom. The van der Waals surface area contributed by atoms with Crippen LogP contribution in [0.3, 0.4) is 0 Å². The number of benzene rings is 1. The number of carbonyl (C=O) groups excluding carboxylic acids is 1. The summed E-state index contributed by atoms with van der Waals surface area (Å²) in [4.78, 5) is 14.3. The highest BCUT2D eigenvalue weighted by atomic mass is 35.5. The Balaban J connectivity index is 2.31. The van der Waals surface area contributed by atoms with Crippen molar-refractivity contribution >= 4 is 34.6 Å². The Hall–Kier alpha value is -1.52. The second-order valence-corrected chi connectivity index (χ2v) is 6.37. The maximum absolute atomic E-state index is 12.0. The minimum atomic E-state index is -0.508. The van der Waals surface area contributed by atoms with Crippen molar-refractivity contribution in [1.29, 1.82) is 0 Å². The first-order valence-electron chi connectivity index (χ1n) is 6.18. The molecule has 0 radical (unpaired) electrons. The Morgan fingerprint density at radius 1 is 1.30 bits per heavy atom. The summed E-state index contributed by atoms with van der Waals surface area (Å²) >= 11 is 7.54. The fourth-order valence-corrected chi connectivity index (χ4v) is 3.12. The molecular weight excluding hydrogens is 294 g/mol. The summed E-state index contributed by atoms with van der Waals surface area (Å²) in [5.41, 5.74) is 1.78. The van der Waals surface area contributed by atoms with Crippen molar-refractivity contribution in [1.82, 2.24) is 0 Å². The number of hydrogen-bond donors (Lipinski definition) is 1. The molecule has 2 aromatic rings. The van der Waals surface area contributed by atoms with E-state index in [1.54, 1.807) is 23.5 Å². The van der Waals surface area contributed by atoms with Gasteiger partial charge in [0.05, 0.1) is 7.11 Å². The molecule has 0 fully saturated rings. The van der Waals surface area contributed by atoms with Crippen LogP contribution in [0.2, 0.25) is 5.02 Å². The van der Waals surface area contributed by atoms with E-state index in [1.807, 2.05) is 32.0 Å². The lowest BCUT2D eigenvalue weighted by molar-refractivity contribution is -0.141. The molecule has 20 heavy (non-hydrogen) atoms. The topological polar surface area (TPSA) is 38.3 Å². The van der Waals surface area contributed by atoms with Gasteiger partial charge in [-0.2, -0.15) is 0 Å². The number of hydrogen-bond acceptors (Lipinski definition) is 4. The zero-order valence-corrected chi connectivity index (χ0v) is 13.1. The number of thiophene rings is 1. The highest BCUT2D eigenvalue weighted by Gasteiger charge is 2.24. The molecule has 1 unspecified atom stereocenters. The van der Waals surface area contributed by atoms with Gasteiger partial charge in [-0.25, -0.2) is 4.79 Å². The lowest BCUT2D eigenvalue weighted by Gasteiger charge is -2.18.